The molecule has 2 heterocycles. The second-order valence-corrected chi connectivity index (χ2v) is 5.73. The molecule has 0 spiro atoms. The molecule has 2 N–H and O–H groups in total. The molecule has 0 bridgehead atoms. The first-order valence-corrected chi connectivity index (χ1v) is 8.21. The monoisotopic (exact) mass is 352 g/mol. The van der Waals surface area contributed by atoms with Crippen LogP contribution in [-0.2, 0) is 6.42 Å². The van der Waals surface area contributed by atoms with Gasteiger partial charge < -0.3 is 19.9 Å². The van der Waals surface area contributed by atoms with Crippen LogP contribution in [0.25, 0.3) is 0 Å². The summed E-state index contributed by atoms with van der Waals surface area (Å²) in [4.78, 5) is 16.4. The molecule has 0 saturated carbocycles. The smallest absolute Gasteiger partial charge is 0.269 e. The zero-order chi connectivity index (χ0) is 18.4. The number of ether oxygens (including phenoxy) is 1. The van der Waals surface area contributed by atoms with Gasteiger partial charge in [-0.2, -0.15) is 0 Å². The molecule has 0 saturated heterocycles. The summed E-state index contributed by atoms with van der Waals surface area (Å²) in [6.45, 7) is 2.32. The highest BCUT2D eigenvalue weighted by atomic mass is 16.5. The SMILES string of the molecule is COc1cccc(CCNC(=O)c2cc(Nc3cc(C)on3)ccn2)c1. The summed E-state index contributed by atoms with van der Waals surface area (Å²) >= 11 is 0. The van der Waals surface area contributed by atoms with E-state index in [4.69, 9.17) is 9.26 Å². The minimum absolute atomic E-state index is 0.229. The Morgan fingerprint density at radius 1 is 1.23 bits per heavy atom. The lowest BCUT2D eigenvalue weighted by molar-refractivity contribution is 0.0949. The Balaban J connectivity index is 1.56. The molecule has 1 amide bonds. The third-order valence-corrected chi connectivity index (χ3v) is 3.73. The summed E-state index contributed by atoms with van der Waals surface area (Å²) in [5.74, 6) is 1.86. The Morgan fingerprint density at radius 3 is 2.88 bits per heavy atom. The van der Waals surface area contributed by atoms with E-state index >= 15 is 0 Å². The zero-order valence-electron chi connectivity index (χ0n) is 14.7. The highest BCUT2D eigenvalue weighted by Gasteiger charge is 2.09. The van der Waals surface area contributed by atoms with Gasteiger partial charge >= 0.3 is 0 Å². The molecule has 0 aliphatic rings. The van der Waals surface area contributed by atoms with Crippen LogP contribution in [0.1, 0.15) is 21.8 Å². The van der Waals surface area contributed by atoms with Crippen molar-refractivity contribution >= 4 is 17.4 Å². The lowest BCUT2D eigenvalue weighted by Gasteiger charge is -2.08. The van der Waals surface area contributed by atoms with Crippen LogP contribution >= 0.6 is 0 Å². The minimum Gasteiger partial charge on any atom is -0.497 e. The molecule has 1 aromatic carbocycles. The average molecular weight is 352 g/mol. The fraction of sp³-hybridized carbons (Fsp3) is 0.211. The van der Waals surface area contributed by atoms with Gasteiger partial charge in [-0.25, -0.2) is 0 Å². The second-order valence-electron chi connectivity index (χ2n) is 5.73. The quantitative estimate of drug-likeness (QED) is 0.679. The summed E-state index contributed by atoms with van der Waals surface area (Å²) in [5.41, 5.74) is 2.14. The van der Waals surface area contributed by atoms with E-state index in [1.165, 1.54) is 0 Å². The Kier molecular flexibility index (Phi) is 5.48. The number of amides is 1. The number of hydrogen-bond acceptors (Lipinski definition) is 6. The number of aromatic nitrogens is 2. The summed E-state index contributed by atoms with van der Waals surface area (Å²) < 4.78 is 10.2. The van der Waals surface area contributed by atoms with Crippen molar-refractivity contribution < 1.29 is 14.1 Å². The lowest BCUT2D eigenvalue weighted by Crippen LogP contribution is -2.26. The first-order chi connectivity index (χ1) is 12.6. The fourth-order valence-corrected chi connectivity index (χ4v) is 2.44. The van der Waals surface area contributed by atoms with Crippen molar-refractivity contribution in [3.05, 3.63) is 65.7 Å². The topological polar surface area (TPSA) is 89.3 Å². The molecule has 134 valence electrons. The highest BCUT2D eigenvalue weighted by molar-refractivity contribution is 5.93. The van der Waals surface area contributed by atoms with Gasteiger partial charge in [-0.15, -0.1) is 0 Å². The number of rotatable bonds is 7. The van der Waals surface area contributed by atoms with Gasteiger partial charge in [0.2, 0.25) is 0 Å². The maximum absolute atomic E-state index is 12.3. The predicted molar refractivity (Wildman–Crippen MR) is 97.8 cm³/mol. The number of methoxy groups -OCH3 is 1. The summed E-state index contributed by atoms with van der Waals surface area (Å²) in [5, 5.41) is 9.82. The summed E-state index contributed by atoms with van der Waals surface area (Å²) in [7, 11) is 1.63. The first-order valence-electron chi connectivity index (χ1n) is 8.21. The third kappa shape index (κ3) is 4.60. The Hall–Kier alpha value is -3.35. The van der Waals surface area contributed by atoms with Crippen molar-refractivity contribution in [3.8, 4) is 5.75 Å². The second kappa shape index (κ2) is 8.15. The van der Waals surface area contributed by atoms with Gasteiger partial charge in [-0.3, -0.25) is 9.78 Å². The van der Waals surface area contributed by atoms with Crippen LogP contribution in [0.2, 0.25) is 0 Å². The van der Waals surface area contributed by atoms with Crippen LogP contribution in [0.3, 0.4) is 0 Å². The molecule has 7 nitrogen and oxygen atoms in total. The lowest BCUT2D eigenvalue weighted by atomic mass is 10.1. The number of hydrogen-bond donors (Lipinski definition) is 2. The van der Waals surface area contributed by atoms with E-state index in [-0.39, 0.29) is 5.91 Å². The van der Waals surface area contributed by atoms with E-state index in [1.807, 2.05) is 31.2 Å². The van der Waals surface area contributed by atoms with Gasteiger partial charge in [0, 0.05) is 24.5 Å². The number of anilines is 2. The van der Waals surface area contributed by atoms with E-state index in [1.54, 1.807) is 31.5 Å². The van der Waals surface area contributed by atoms with Crippen LogP contribution in [0.4, 0.5) is 11.5 Å². The molecule has 7 heteroatoms. The number of nitrogens with zero attached hydrogens (tertiary/aromatic N) is 2. The van der Waals surface area contributed by atoms with Gasteiger partial charge in [0.05, 0.1) is 7.11 Å². The normalized spacial score (nSPS) is 10.4. The molecule has 0 radical (unpaired) electrons. The largest absolute Gasteiger partial charge is 0.497 e. The number of pyridine rings is 1. The first kappa shape index (κ1) is 17.5. The van der Waals surface area contributed by atoms with Crippen LogP contribution in [-0.4, -0.2) is 29.7 Å². The molecule has 0 aliphatic carbocycles. The van der Waals surface area contributed by atoms with Crippen molar-refractivity contribution in [2.45, 2.75) is 13.3 Å². The maximum atomic E-state index is 12.3. The number of carbonyl (C=O) groups is 1. The van der Waals surface area contributed by atoms with Crippen molar-refractivity contribution in [3.63, 3.8) is 0 Å². The predicted octanol–water partition coefficient (Wildman–Crippen LogP) is 3.10. The standard InChI is InChI=1S/C19H20N4O3/c1-13-10-18(23-26-13)22-15-7-9-20-17(12-15)19(24)21-8-6-14-4-3-5-16(11-14)25-2/h3-5,7,9-12H,6,8H2,1-2H3,(H,21,24)(H,20,22,23). The molecule has 3 aromatic rings. The zero-order valence-corrected chi connectivity index (χ0v) is 14.7. The molecule has 0 fully saturated rings. The molecule has 2 aromatic heterocycles. The molecule has 3 rings (SSSR count). The fourth-order valence-electron chi connectivity index (χ4n) is 2.44. The van der Waals surface area contributed by atoms with Crippen molar-refractivity contribution in [1.29, 1.82) is 0 Å². The summed E-state index contributed by atoms with van der Waals surface area (Å²) in [6, 6.07) is 13.0. The minimum atomic E-state index is -0.229. The Morgan fingerprint density at radius 2 is 2.12 bits per heavy atom. The highest BCUT2D eigenvalue weighted by Crippen LogP contribution is 2.16. The van der Waals surface area contributed by atoms with Gasteiger partial charge in [-0.05, 0) is 43.2 Å². The van der Waals surface area contributed by atoms with E-state index in [0.29, 0.717) is 35.9 Å². The molecular formula is C19H20N4O3. The van der Waals surface area contributed by atoms with E-state index in [0.717, 1.165) is 11.3 Å². The van der Waals surface area contributed by atoms with Crippen LogP contribution in [0.15, 0.2) is 53.2 Å². The van der Waals surface area contributed by atoms with Crippen molar-refractivity contribution in [2.24, 2.45) is 0 Å². The van der Waals surface area contributed by atoms with Gasteiger partial charge in [0.25, 0.3) is 5.91 Å². The van der Waals surface area contributed by atoms with Crippen molar-refractivity contribution in [1.82, 2.24) is 15.5 Å². The number of nitrogens with one attached hydrogen (secondary N) is 2. The van der Waals surface area contributed by atoms with Gasteiger partial charge in [0.15, 0.2) is 5.82 Å². The number of benzene rings is 1. The van der Waals surface area contributed by atoms with Crippen LogP contribution < -0.4 is 15.4 Å². The van der Waals surface area contributed by atoms with Crippen molar-refractivity contribution in [2.75, 3.05) is 19.0 Å². The van der Waals surface area contributed by atoms with Gasteiger partial charge in [0.1, 0.15) is 17.2 Å². The number of carbonyl (C=O) groups excluding carboxylic acids is 1. The van der Waals surface area contributed by atoms with E-state index in [2.05, 4.69) is 20.8 Å². The van der Waals surface area contributed by atoms with Crippen LogP contribution in [0.5, 0.6) is 5.75 Å². The number of aryl methyl sites for hydroxylation is 1. The van der Waals surface area contributed by atoms with E-state index in [9.17, 15) is 4.79 Å². The van der Waals surface area contributed by atoms with Crippen LogP contribution in [0, 0.1) is 6.92 Å². The molecule has 0 aliphatic heterocycles. The maximum Gasteiger partial charge on any atom is 0.269 e. The van der Waals surface area contributed by atoms with E-state index < -0.39 is 0 Å². The molecule has 0 atom stereocenters. The Bertz CT molecular complexity index is 892. The molecule has 26 heavy (non-hydrogen) atoms. The summed E-state index contributed by atoms with van der Waals surface area (Å²) in [6.07, 6.45) is 2.28. The average Bonchev–Trinajstić information content (AvgIpc) is 3.06. The molecular weight excluding hydrogens is 332 g/mol. The molecule has 0 unspecified atom stereocenters. The third-order valence-electron chi connectivity index (χ3n) is 3.73. The Labute approximate surface area is 151 Å². The van der Waals surface area contributed by atoms with Gasteiger partial charge in [-0.1, -0.05) is 17.3 Å².